The Hall–Kier alpha value is -1.02. The number of hydrogen-bond donors (Lipinski definition) is 1. The molecule has 110 valence electrons. The van der Waals surface area contributed by atoms with E-state index in [4.69, 9.17) is 4.74 Å². The van der Waals surface area contributed by atoms with E-state index in [2.05, 4.69) is 23.5 Å². The Morgan fingerprint density at radius 3 is 2.40 bits per heavy atom. The first-order chi connectivity index (χ1) is 9.88. The number of nitrogens with one attached hydrogen (secondary N) is 1. The van der Waals surface area contributed by atoms with Gasteiger partial charge in [-0.3, -0.25) is 0 Å². The second-order valence-electron chi connectivity index (χ2n) is 6.36. The number of benzene rings is 1. The standard InChI is InChI=1S/C18H27NO/c1-20-18-8-7-16(14-5-3-2-4-6-14)13-17(18)15-9-11-19-12-10-15/h7-8,13-15,19H,2-6,9-12H2,1H3. The molecule has 2 nitrogen and oxygen atoms in total. The Labute approximate surface area is 122 Å². The van der Waals surface area contributed by atoms with Gasteiger partial charge in [-0.25, -0.2) is 0 Å². The van der Waals surface area contributed by atoms with Crippen molar-refractivity contribution in [1.82, 2.24) is 5.32 Å². The zero-order valence-electron chi connectivity index (χ0n) is 12.7. The minimum absolute atomic E-state index is 0.676. The van der Waals surface area contributed by atoms with Gasteiger partial charge < -0.3 is 10.1 Å². The third kappa shape index (κ3) is 3.01. The maximum absolute atomic E-state index is 5.62. The fraction of sp³-hybridized carbons (Fsp3) is 0.667. The largest absolute Gasteiger partial charge is 0.496 e. The van der Waals surface area contributed by atoms with E-state index in [1.54, 1.807) is 12.7 Å². The highest BCUT2D eigenvalue weighted by Gasteiger charge is 2.22. The normalized spacial score (nSPS) is 21.9. The molecule has 1 heterocycles. The summed E-state index contributed by atoms with van der Waals surface area (Å²) in [7, 11) is 1.81. The van der Waals surface area contributed by atoms with Crippen LogP contribution in [0.3, 0.4) is 0 Å². The molecule has 1 aliphatic carbocycles. The Balaban J connectivity index is 1.85. The fourth-order valence-corrected chi connectivity index (χ4v) is 3.89. The van der Waals surface area contributed by atoms with Gasteiger partial charge in [0, 0.05) is 0 Å². The first kappa shape index (κ1) is 13.9. The van der Waals surface area contributed by atoms with Crippen LogP contribution in [0.5, 0.6) is 5.75 Å². The van der Waals surface area contributed by atoms with Crippen LogP contribution in [0.4, 0.5) is 0 Å². The van der Waals surface area contributed by atoms with Gasteiger partial charge in [-0.2, -0.15) is 0 Å². The Morgan fingerprint density at radius 2 is 1.70 bits per heavy atom. The van der Waals surface area contributed by atoms with Crippen molar-refractivity contribution in [2.75, 3.05) is 20.2 Å². The van der Waals surface area contributed by atoms with E-state index in [9.17, 15) is 0 Å². The molecule has 0 radical (unpaired) electrons. The van der Waals surface area contributed by atoms with Crippen LogP contribution in [0.25, 0.3) is 0 Å². The van der Waals surface area contributed by atoms with E-state index >= 15 is 0 Å². The molecule has 0 amide bonds. The zero-order valence-corrected chi connectivity index (χ0v) is 12.7. The molecule has 1 aliphatic heterocycles. The smallest absolute Gasteiger partial charge is 0.122 e. The molecule has 1 aromatic rings. The second kappa shape index (κ2) is 6.62. The van der Waals surface area contributed by atoms with Crippen molar-refractivity contribution in [2.45, 2.75) is 56.8 Å². The van der Waals surface area contributed by atoms with E-state index in [0.717, 1.165) is 24.8 Å². The Bertz CT molecular complexity index is 431. The first-order valence-electron chi connectivity index (χ1n) is 8.27. The van der Waals surface area contributed by atoms with Gasteiger partial charge in [0.1, 0.15) is 5.75 Å². The van der Waals surface area contributed by atoms with Crippen LogP contribution in [-0.2, 0) is 0 Å². The maximum Gasteiger partial charge on any atom is 0.122 e. The molecule has 0 atom stereocenters. The van der Waals surface area contributed by atoms with Crippen molar-refractivity contribution < 1.29 is 4.74 Å². The quantitative estimate of drug-likeness (QED) is 0.890. The number of piperidine rings is 1. The molecule has 0 bridgehead atoms. The fourth-order valence-electron chi connectivity index (χ4n) is 3.89. The summed E-state index contributed by atoms with van der Waals surface area (Å²) < 4.78 is 5.62. The average molecular weight is 273 g/mol. The third-order valence-corrected chi connectivity index (χ3v) is 5.11. The summed E-state index contributed by atoms with van der Waals surface area (Å²) in [6.07, 6.45) is 9.46. The predicted molar refractivity (Wildman–Crippen MR) is 83.7 cm³/mol. The molecule has 2 aliphatic rings. The van der Waals surface area contributed by atoms with Crippen molar-refractivity contribution in [3.05, 3.63) is 29.3 Å². The van der Waals surface area contributed by atoms with E-state index in [1.807, 2.05) is 0 Å². The lowest BCUT2D eigenvalue weighted by Gasteiger charge is -2.27. The van der Waals surface area contributed by atoms with Crippen molar-refractivity contribution >= 4 is 0 Å². The summed E-state index contributed by atoms with van der Waals surface area (Å²) in [6.45, 7) is 2.28. The monoisotopic (exact) mass is 273 g/mol. The van der Waals surface area contributed by atoms with Crippen LogP contribution in [0.2, 0.25) is 0 Å². The minimum Gasteiger partial charge on any atom is -0.496 e. The highest BCUT2D eigenvalue weighted by atomic mass is 16.5. The molecule has 0 unspecified atom stereocenters. The summed E-state index contributed by atoms with van der Waals surface area (Å²) in [5.41, 5.74) is 3.01. The van der Waals surface area contributed by atoms with Crippen LogP contribution >= 0.6 is 0 Å². The lowest BCUT2D eigenvalue weighted by atomic mass is 9.81. The molecule has 2 fully saturated rings. The predicted octanol–water partition coefficient (Wildman–Crippen LogP) is 4.21. The molecule has 0 aromatic heterocycles. The SMILES string of the molecule is COc1ccc(C2CCCCC2)cc1C1CCNCC1. The van der Waals surface area contributed by atoms with Gasteiger partial charge in [0.05, 0.1) is 7.11 Å². The first-order valence-corrected chi connectivity index (χ1v) is 8.27. The topological polar surface area (TPSA) is 21.3 Å². The lowest BCUT2D eigenvalue weighted by Crippen LogP contribution is -2.27. The average Bonchev–Trinajstić information content (AvgIpc) is 2.56. The summed E-state index contributed by atoms with van der Waals surface area (Å²) in [6, 6.07) is 6.98. The molecule has 1 aromatic carbocycles. The molecule has 20 heavy (non-hydrogen) atoms. The van der Waals surface area contributed by atoms with E-state index in [0.29, 0.717) is 5.92 Å². The van der Waals surface area contributed by atoms with Gasteiger partial charge in [-0.05, 0) is 67.8 Å². The Morgan fingerprint density at radius 1 is 0.950 bits per heavy atom. The summed E-state index contributed by atoms with van der Waals surface area (Å²) in [5.74, 6) is 2.56. The highest BCUT2D eigenvalue weighted by Crippen LogP contribution is 2.38. The highest BCUT2D eigenvalue weighted by molar-refractivity contribution is 5.41. The molecular formula is C18H27NO. The van der Waals surface area contributed by atoms with Gasteiger partial charge >= 0.3 is 0 Å². The maximum atomic E-state index is 5.62. The van der Waals surface area contributed by atoms with Crippen LogP contribution in [0.1, 0.15) is 67.9 Å². The minimum atomic E-state index is 0.676. The summed E-state index contributed by atoms with van der Waals surface area (Å²) >= 11 is 0. The summed E-state index contributed by atoms with van der Waals surface area (Å²) in [4.78, 5) is 0. The molecule has 0 spiro atoms. The van der Waals surface area contributed by atoms with E-state index < -0.39 is 0 Å². The molecule has 1 N–H and O–H groups in total. The van der Waals surface area contributed by atoms with Crippen LogP contribution < -0.4 is 10.1 Å². The van der Waals surface area contributed by atoms with Gasteiger partial charge in [0.15, 0.2) is 0 Å². The van der Waals surface area contributed by atoms with Crippen LogP contribution in [-0.4, -0.2) is 20.2 Å². The third-order valence-electron chi connectivity index (χ3n) is 5.11. The van der Waals surface area contributed by atoms with Gasteiger partial charge in [0.2, 0.25) is 0 Å². The van der Waals surface area contributed by atoms with E-state index in [1.165, 1.54) is 50.5 Å². The molecule has 1 saturated heterocycles. The summed E-state index contributed by atoms with van der Waals surface area (Å²) in [5, 5.41) is 3.46. The van der Waals surface area contributed by atoms with Crippen molar-refractivity contribution in [2.24, 2.45) is 0 Å². The van der Waals surface area contributed by atoms with Crippen molar-refractivity contribution in [3.8, 4) is 5.75 Å². The van der Waals surface area contributed by atoms with Crippen molar-refractivity contribution in [1.29, 1.82) is 0 Å². The van der Waals surface area contributed by atoms with Gasteiger partial charge in [0.25, 0.3) is 0 Å². The molecule has 2 heteroatoms. The number of ether oxygens (including phenoxy) is 1. The number of hydrogen-bond acceptors (Lipinski definition) is 2. The second-order valence-corrected chi connectivity index (χ2v) is 6.36. The molecule has 1 saturated carbocycles. The lowest BCUT2D eigenvalue weighted by molar-refractivity contribution is 0.390. The number of methoxy groups -OCH3 is 1. The molecule has 3 rings (SSSR count). The number of rotatable bonds is 3. The van der Waals surface area contributed by atoms with E-state index in [-0.39, 0.29) is 0 Å². The van der Waals surface area contributed by atoms with Gasteiger partial charge in [-0.1, -0.05) is 31.4 Å². The molecular weight excluding hydrogens is 246 g/mol. The zero-order chi connectivity index (χ0) is 13.8. The van der Waals surface area contributed by atoms with Crippen LogP contribution in [0.15, 0.2) is 18.2 Å². The van der Waals surface area contributed by atoms with Crippen molar-refractivity contribution in [3.63, 3.8) is 0 Å². The van der Waals surface area contributed by atoms with Crippen LogP contribution in [0, 0.1) is 0 Å². The van der Waals surface area contributed by atoms with Gasteiger partial charge in [-0.15, -0.1) is 0 Å². The Kier molecular flexibility index (Phi) is 4.62.